The minimum absolute atomic E-state index is 0.120. The summed E-state index contributed by atoms with van der Waals surface area (Å²) in [6.45, 7) is 1.99. The van der Waals surface area contributed by atoms with E-state index in [1.165, 1.54) is 0 Å². The van der Waals surface area contributed by atoms with Gasteiger partial charge in [-0.3, -0.25) is 4.79 Å². The molecule has 0 bridgehead atoms. The second-order valence-corrected chi connectivity index (χ2v) is 3.41. The van der Waals surface area contributed by atoms with Gasteiger partial charge in [0.2, 0.25) is 0 Å². The Morgan fingerprint density at radius 1 is 1.27 bits per heavy atom. The molecule has 2 rings (SSSR count). The Morgan fingerprint density at radius 2 is 2.13 bits per heavy atom. The molecule has 2 aromatic rings. The molecule has 2 N–H and O–H groups in total. The number of anilines is 1. The van der Waals surface area contributed by atoms with Crippen LogP contribution in [-0.2, 0) is 0 Å². The number of aryl methyl sites for hydroxylation is 1. The highest BCUT2D eigenvalue weighted by Gasteiger charge is 2.05. The third-order valence-electron chi connectivity index (χ3n) is 2.12. The van der Waals surface area contributed by atoms with Crippen molar-refractivity contribution in [2.45, 2.75) is 6.92 Å². The number of aromatic nitrogens is 1. The molecule has 0 saturated carbocycles. The van der Waals surface area contributed by atoms with E-state index in [2.05, 4.69) is 10.3 Å². The van der Waals surface area contributed by atoms with E-state index in [0.717, 1.165) is 11.3 Å². The van der Waals surface area contributed by atoms with Gasteiger partial charge in [0.15, 0.2) is 0 Å². The van der Waals surface area contributed by atoms with Crippen molar-refractivity contribution < 1.29 is 4.79 Å². The lowest BCUT2D eigenvalue weighted by Crippen LogP contribution is -2.12. The maximum Gasteiger partial charge on any atom is 0.272 e. The van der Waals surface area contributed by atoms with E-state index in [9.17, 15) is 4.79 Å². The minimum Gasteiger partial charge on any atom is -0.357 e. The normalized spacial score (nSPS) is 9.93. The molecule has 0 radical (unpaired) electrons. The summed E-state index contributed by atoms with van der Waals surface area (Å²) >= 11 is 0. The number of amides is 1. The standard InChI is InChI=1S/C12H12N2O/c1-9-4-2-5-10(8-9)14-12(15)11-6-3-7-13-11/h2-8,13H,1H3,(H,14,15). The largest absolute Gasteiger partial charge is 0.357 e. The number of carbonyl (C=O) groups is 1. The molecule has 0 aliphatic carbocycles. The highest BCUT2D eigenvalue weighted by molar-refractivity contribution is 6.02. The molecule has 1 amide bonds. The minimum atomic E-state index is -0.120. The Morgan fingerprint density at radius 3 is 2.80 bits per heavy atom. The maximum atomic E-state index is 11.6. The summed E-state index contributed by atoms with van der Waals surface area (Å²) in [7, 11) is 0. The smallest absolute Gasteiger partial charge is 0.272 e. The third-order valence-corrected chi connectivity index (χ3v) is 2.12. The van der Waals surface area contributed by atoms with Gasteiger partial charge in [0.25, 0.3) is 5.91 Å². The van der Waals surface area contributed by atoms with E-state index in [-0.39, 0.29) is 5.91 Å². The summed E-state index contributed by atoms with van der Waals surface area (Å²) in [5.41, 5.74) is 2.50. The number of hydrogen-bond donors (Lipinski definition) is 2. The fraction of sp³-hybridized carbons (Fsp3) is 0.0833. The SMILES string of the molecule is Cc1cccc(NC(=O)c2ccc[nH]2)c1. The van der Waals surface area contributed by atoms with Gasteiger partial charge in [-0.2, -0.15) is 0 Å². The lowest BCUT2D eigenvalue weighted by Gasteiger charge is -2.04. The molecule has 1 aromatic carbocycles. The van der Waals surface area contributed by atoms with Gasteiger partial charge in [-0.1, -0.05) is 12.1 Å². The molecule has 1 aromatic heterocycles. The van der Waals surface area contributed by atoms with E-state index in [4.69, 9.17) is 0 Å². The van der Waals surface area contributed by atoms with Crippen LogP contribution in [0.15, 0.2) is 42.6 Å². The van der Waals surface area contributed by atoms with Gasteiger partial charge in [-0.25, -0.2) is 0 Å². The van der Waals surface area contributed by atoms with Gasteiger partial charge in [0.05, 0.1) is 0 Å². The number of nitrogens with one attached hydrogen (secondary N) is 2. The molecule has 3 heteroatoms. The van der Waals surface area contributed by atoms with E-state index in [1.807, 2.05) is 31.2 Å². The summed E-state index contributed by atoms with van der Waals surface area (Å²) in [4.78, 5) is 14.5. The first-order chi connectivity index (χ1) is 7.25. The van der Waals surface area contributed by atoms with Crippen LogP contribution in [0.1, 0.15) is 16.1 Å². The Kier molecular flexibility index (Phi) is 2.54. The highest BCUT2D eigenvalue weighted by Crippen LogP contribution is 2.10. The predicted molar refractivity (Wildman–Crippen MR) is 59.9 cm³/mol. The first-order valence-electron chi connectivity index (χ1n) is 4.77. The zero-order valence-electron chi connectivity index (χ0n) is 8.45. The third kappa shape index (κ3) is 2.26. The lowest BCUT2D eigenvalue weighted by atomic mass is 10.2. The van der Waals surface area contributed by atoms with Gasteiger partial charge >= 0.3 is 0 Å². The lowest BCUT2D eigenvalue weighted by molar-refractivity contribution is 0.102. The number of H-pyrrole nitrogens is 1. The first kappa shape index (κ1) is 9.52. The average Bonchev–Trinajstić information content (AvgIpc) is 2.70. The molecule has 0 atom stereocenters. The first-order valence-corrected chi connectivity index (χ1v) is 4.77. The van der Waals surface area contributed by atoms with Crippen molar-refractivity contribution in [1.29, 1.82) is 0 Å². The molecule has 1 heterocycles. The van der Waals surface area contributed by atoms with Crippen LogP contribution < -0.4 is 5.32 Å². The number of hydrogen-bond acceptors (Lipinski definition) is 1. The van der Waals surface area contributed by atoms with Crippen LogP contribution >= 0.6 is 0 Å². The summed E-state index contributed by atoms with van der Waals surface area (Å²) in [6.07, 6.45) is 1.73. The molecular weight excluding hydrogens is 188 g/mol. The monoisotopic (exact) mass is 200 g/mol. The second kappa shape index (κ2) is 4.00. The molecule has 0 saturated heterocycles. The van der Waals surface area contributed by atoms with Gasteiger partial charge in [-0.05, 0) is 36.8 Å². The average molecular weight is 200 g/mol. The van der Waals surface area contributed by atoms with Crippen molar-refractivity contribution in [2.24, 2.45) is 0 Å². The molecule has 0 aliphatic heterocycles. The van der Waals surface area contributed by atoms with Gasteiger partial charge in [0.1, 0.15) is 5.69 Å². The van der Waals surface area contributed by atoms with Crippen molar-refractivity contribution in [2.75, 3.05) is 5.32 Å². The number of carbonyl (C=O) groups excluding carboxylic acids is 1. The zero-order chi connectivity index (χ0) is 10.7. The van der Waals surface area contributed by atoms with Crippen molar-refractivity contribution in [3.8, 4) is 0 Å². The molecule has 0 spiro atoms. The van der Waals surface area contributed by atoms with Crippen LogP contribution in [0.25, 0.3) is 0 Å². The molecular formula is C12H12N2O. The summed E-state index contributed by atoms with van der Waals surface area (Å²) < 4.78 is 0. The predicted octanol–water partition coefficient (Wildman–Crippen LogP) is 2.58. The van der Waals surface area contributed by atoms with E-state index in [0.29, 0.717) is 5.69 Å². The van der Waals surface area contributed by atoms with Crippen LogP contribution in [0, 0.1) is 6.92 Å². The van der Waals surface area contributed by atoms with Crippen LogP contribution in [0.3, 0.4) is 0 Å². The van der Waals surface area contributed by atoms with Gasteiger partial charge < -0.3 is 10.3 Å². The van der Waals surface area contributed by atoms with Crippen LogP contribution in [0.2, 0.25) is 0 Å². The quantitative estimate of drug-likeness (QED) is 0.768. The van der Waals surface area contributed by atoms with Gasteiger partial charge in [-0.15, -0.1) is 0 Å². The van der Waals surface area contributed by atoms with Crippen LogP contribution in [0.4, 0.5) is 5.69 Å². The highest BCUT2D eigenvalue weighted by atomic mass is 16.1. The summed E-state index contributed by atoms with van der Waals surface area (Å²) in [5.74, 6) is -0.120. The summed E-state index contributed by atoms with van der Waals surface area (Å²) in [5, 5.41) is 2.81. The van der Waals surface area contributed by atoms with Crippen molar-refractivity contribution in [3.05, 3.63) is 53.9 Å². The Labute approximate surface area is 88.1 Å². The molecule has 15 heavy (non-hydrogen) atoms. The van der Waals surface area contributed by atoms with Gasteiger partial charge in [0, 0.05) is 11.9 Å². The number of rotatable bonds is 2. The van der Waals surface area contributed by atoms with E-state index >= 15 is 0 Å². The molecule has 0 fully saturated rings. The molecule has 0 aliphatic rings. The van der Waals surface area contributed by atoms with E-state index < -0.39 is 0 Å². The second-order valence-electron chi connectivity index (χ2n) is 3.41. The van der Waals surface area contributed by atoms with Crippen molar-refractivity contribution >= 4 is 11.6 Å². The van der Waals surface area contributed by atoms with E-state index in [1.54, 1.807) is 18.3 Å². The topological polar surface area (TPSA) is 44.9 Å². The number of aromatic amines is 1. The Bertz CT molecular complexity index is 460. The fourth-order valence-corrected chi connectivity index (χ4v) is 1.39. The molecule has 3 nitrogen and oxygen atoms in total. The van der Waals surface area contributed by atoms with Crippen molar-refractivity contribution in [1.82, 2.24) is 4.98 Å². The van der Waals surface area contributed by atoms with Crippen LogP contribution in [-0.4, -0.2) is 10.9 Å². The van der Waals surface area contributed by atoms with Crippen LogP contribution in [0.5, 0.6) is 0 Å². The molecule has 76 valence electrons. The zero-order valence-corrected chi connectivity index (χ0v) is 8.45. The fourth-order valence-electron chi connectivity index (χ4n) is 1.39. The Hall–Kier alpha value is -2.03. The Balaban J connectivity index is 2.13. The number of benzene rings is 1. The maximum absolute atomic E-state index is 11.6. The molecule has 0 unspecified atom stereocenters. The summed E-state index contributed by atoms with van der Waals surface area (Å²) in [6, 6.07) is 11.2. The van der Waals surface area contributed by atoms with Crippen molar-refractivity contribution in [3.63, 3.8) is 0 Å².